The quantitative estimate of drug-likeness (QED) is 0.564. The van der Waals surface area contributed by atoms with Crippen molar-refractivity contribution in [3.8, 4) is 11.5 Å². The van der Waals surface area contributed by atoms with E-state index in [-0.39, 0.29) is 6.04 Å². The standard InChI is InChI=1S/C27H33N7O2/c1-31-25-24-23(30-31)11-12-34(18-19-7-9-21(35-2)10-8-19)26(24)29-27(28-25)33-15-13-32(14-16-33)20-5-4-6-22(17-20)36-3/h4-10,17,23,30H,11-16,18H2,1-3H3. The molecule has 0 spiro atoms. The van der Waals surface area contributed by atoms with Gasteiger partial charge in [-0.3, -0.25) is 5.01 Å². The molecule has 0 amide bonds. The minimum atomic E-state index is 0.270. The third kappa shape index (κ3) is 4.13. The van der Waals surface area contributed by atoms with E-state index < -0.39 is 0 Å². The van der Waals surface area contributed by atoms with Gasteiger partial charge in [0, 0.05) is 58.1 Å². The van der Waals surface area contributed by atoms with Gasteiger partial charge in [-0.2, -0.15) is 9.97 Å². The fraction of sp³-hybridized carbons (Fsp3) is 0.407. The number of piperazine rings is 1. The van der Waals surface area contributed by atoms with Gasteiger partial charge in [0.05, 0.1) is 25.8 Å². The van der Waals surface area contributed by atoms with Gasteiger partial charge in [-0.15, -0.1) is 0 Å². The van der Waals surface area contributed by atoms with Crippen LogP contribution in [0.5, 0.6) is 11.5 Å². The van der Waals surface area contributed by atoms with Crippen LogP contribution in [0.4, 0.5) is 23.3 Å². The minimum absolute atomic E-state index is 0.270. The number of hydrazine groups is 1. The maximum Gasteiger partial charge on any atom is 0.229 e. The molecule has 2 aromatic carbocycles. The number of nitrogens with one attached hydrogen (secondary N) is 1. The number of anilines is 4. The van der Waals surface area contributed by atoms with Crippen LogP contribution in [0.2, 0.25) is 0 Å². The van der Waals surface area contributed by atoms with Crippen LogP contribution in [0, 0.1) is 0 Å². The topological polar surface area (TPSA) is 69.2 Å². The SMILES string of the molecule is COc1ccc(CN2CCC3NN(C)c4nc(N5CCN(c6cccc(OC)c6)CC5)nc2c43)cc1. The number of rotatable bonds is 6. The lowest BCUT2D eigenvalue weighted by atomic mass is 10.0. The Balaban J connectivity index is 1.25. The van der Waals surface area contributed by atoms with Gasteiger partial charge in [0.15, 0.2) is 5.82 Å². The number of aromatic nitrogens is 2. The van der Waals surface area contributed by atoms with Crippen LogP contribution < -0.4 is 34.6 Å². The highest BCUT2D eigenvalue weighted by Gasteiger charge is 2.38. The van der Waals surface area contributed by atoms with Gasteiger partial charge in [-0.05, 0) is 36.2 Å². The molecule has 1 saturated heterocycles. The summed E-state index contributed by atoms with van der Waals surface area (Å²) < 4.78 is 10.7. The van der Waals surface area contributed by atoms with Crippen molar-refractivity contribution in [2.24, 2.45) is 0 Å². The first-order chi connectivity index (χ1) is 17.6. The molecule has 3 aliphatic rings. The molecule has 3 aromatic rings. The summed E-state index contributed by atoms with van der Waals surface area (Å²) in [5.74, 6) is 4.62. The van der Waals surface area contributed by atoms with Gasteiger partial charge >= 0.3 is 0 Å². The summed E-state index contributed by atoms with van der Waals surface area (Å²) in [5, 5.41) is 2.07. The Morgan fingerprint density at radius 2 is 1.58 bits per heavy atom. The smallest absolute Gasteiger partial charge is 0.229 e. The zero-order valence-electron chi connectivity index (χ0n) is 21.1. The van der Waals surface area contributed by atoms with Crippen molar-refractivity contribution < 1.29 is 9.47 Å². The Bertz CT molecular complexity index is 1230. The molecule has 1 fully saturated rings. The second-order valence-electron chi connectivity index (χ2n) is 9.56. The molecule has 0 saturated carbocycles. The van der Waals surface area contributed by atoms with Crippen LogP contribution in [0.25, 0.3) is 0 Å². The van der Waals surface area contributed by atoms with Gasteiger partial charge in [0.1, 0.15) is 17.3 Å². The van der Waals surface area contributed by atoms with Crippen molar-refractivity contribution in [2.45, 2.75) is 19.0 Å². The van der Waals surface area contributed by atoms with E-state index in [0.29, 0.717) is 0 Å². The first kappa shape index (κ1) is 22.7. The van der Waals surface area contributed by atoms with E-state index in [1.54, 1.807) is 14.2 Å². The average molecular weight is 488 g/mol. The molecular weight excluding hydrogens is 454 g/mol. The summed E-state index contributed by atoms with van der Waals surface area (Å²) in [6.07, 6.45) is 1.03. The van der Waals surface area contributed by atoms with E-state index in [4.69, 9.17) is 19.4 Å². The maximum absolute atomic E-state index is 5.41. The Morgan fingerprint density at radius 3 is 2.33 bits per heavy atom. The number of hydrogen-bond acceptors (Lipinski definition) is 9. The number of hydrogen-bond donors (Lipinski definition) is 1. The van der Waals surface area contributed by atoms with Crippen molar-refractivity contribution >= 4 is 23.3 Å². The predicted molar refractivity (Wildman–Crippen MR) is 142 cm³/mol. The first-order valence-corrected chi connectivity index (χ1v) is 12.6. The number of methoxy groups -OCH3 is 2. The normalized spacial score (nSPS) is 18.9. The second-order valence-corrected chi connectivity index (χ2v) is 9.56. The zero-order chi connectivity index (χ0) is 24.6. The van der Waals surface area contributed by atoms with Crippen LogP contribution >= 0.6 is 0 Å². The molecule has 0 radical (unpaired) electrons. The average Bonchev–Trinajstić information content (AvgIpc) is 3.26. The van der Waals surface area contributed by atoms with Crippen LogP contribution in [0.3, 0.4) is 0 Å². The molecular formula is C27H33N7O2. The van der Waals surface area contributed by atoms with E-state index in [1.165, 1.54) is 16.8 Å². The lowest BCUT2D eigenvalue weighted by Gasteiger charge is -2.37. The third-order valence-corrected chi connectivity index (χ3v) is 7.41. The summed E-state index contributed by atoms with van der Waals surface area (Å²) in [6, 6.07) is 16.9. The van der Waals surface area contributed by atoms with E-state index in [1.807, 2.05) is 24.3 Å². The molecule has 36 heavy (non-hydrogen) atoms. The highest BCUT2D eigenvalue weighted by atomic mass is 16.5. The largest absolute Gasteiger partial charge is 0.497 e. The lowest BCUT2D eigenvalue weighted by molar-refractivity contribution is 0.414. The van der Waals surface area contributed by atoms with Gasteiger partial charge < -0.3 is 24.2 Å². The van der Waals surface area contributed by atoms with Gasteiger partial charge in [-0.25, -0.2) is 5.43 Å². The Kier molecular flexibility index (Phi) is 5.92. The molecule has 0 aliphatic carbocycles. The van der Waals surface area contributed by atoms with Crippen LogP contribution in [0.1, 0.15) is 23.6 Å². The van der Waals surface area contributed by atoms with Crippen LogP contribution in [-0.4, -0.2) is 64.0 Å². The summed E-state index contributed by atoms with van der Waals surface area (Å²) in [7, 11) is 5.47. The molecule has 1 unspecified atom stereocenters. The third-order valence-electron chi connectivity index (χ3n) is 7.41. The molecule has 9 nitrogen and oxygen atoms in total. The van der Waals surface area contributed by atoms with E-state index in [0.717, 1.165) is 74.8 Å². The minimum Gasteiger partial charge on any atom is -0.497 e. The van der Waals surface area contributed by atoms with Crippen LogP contribution in [-0.2, 0) is 6.54 Å². The van der Waals surface area contributed by atoms with Crippen molar-refractivity contribution in [3.05, 3.63) is 59.7 Å². The number of ether oxygens (including phenoxy) is 2. The van der Waals surface area contributed by atoms with Gasteiger partial charge in [0.25, 0.3) is 0 Å². The Morgan fingerprint density at radius 1 is 0.861 bits per heavy atom. The Labute approximate surface area is 212 Å². The molecule has 1 N–H and O–H groups in total. The molecule has 0 bridgehead atoms. The fourth-order valence-electron chi connectivity index (χ4n) is 5.42. The fourth-order valence-corrected chi connectivity index (χ4v) is 5.42. The highest BCUT2D eigenvalue weighted by Crippen LogP contribution is 2.43. The van der Waals surface area contributed by atoms with E-state index in [9.17, 15) is 0 Å². The maximum atomic E-state index is 5.41. The number of benzene rings is 2. The monoisotopic (exact) mass is 487 g/mol. The van der Waals surface area contributed by atoms with E-state index in [2.05, 4.69) is 56.4 Å². The van der Waals surface area contributed by atoms with Crippen molar-refractivity contribution in [1.82, 2.24) is 15.4 Å². The molecule has 1 atom stereocenters. The molecule has 6 rings (SSSR count). The van der Waals surface area contributed by atoms with Gasteiger partial charge in [-0.1, -0.05) is 18.2 Å². The number of nitrogens with zero attached hydrogens (tertiary/aromatic N) is 6. The molecule has 188 valence electrons. The first-order valence-electron chi connectivity index (χ1n) is 12.6. The summed E-state index contributed by atoms with van der Waals surface area (Å²) in [6.45, 7) is 5.32. The van der Waals surface area contributed by atoms with Gasteiger partial charge in [0.2, 0.25) is 5.95 Å². The second kappa shape index (κ2) is 9.39. The summed E-state index contributed by atoms with van der Waals surface area (Å²) >= 11 is 0. The molecule has 3 aliphatic heterocycles. The summed E-state index contributed by atoms with van der Waals surface area (Å²) in [4.78, 5) is 17.3. The highest BCUT2D eigenvalue weighted by molar-refractivity contribution is 5.68. The lowest BCUT2D eigenvalue weighted by Crippen LogP contribution is -2.47. The molecule has 9 heteroatoms. The van der Waals surface area contributed by atoms with E-state index >= 15 is 0 Å². The molecule has 4 heterocycles. The predicted octanol–water partition coefficient (Wildman–Crippen LogP) is 3.23. The van der Waals surface area contributed by atoms with Crippen LogP contribution in [0.15, 0.2) is 48.5 Å². The molecule has 1 aromatic heterocycles. The van der Waals surface area contributed by atoms with Crippen molar-refractivity contribution in [2.75, 3.05) is 73.7 Å². The summed E-state index contributed by atoms with van der Waals surface area (Å²) in [5.41, 5.74) is 7.23. The Hall–Kier alpha value is -3.72. The van der Waals surface area contributed by atoms with Crippen molar-refractivity contribution in [3.63, 3.8) is 0 Å². The zero-order valence-corrected chi connectivity index (χ0v) is 21.1. The van der Waals surface area contributed by atoms with Crippen molar-refractivity contribution in [1.29, 1.82) is 0 Å².